The van der Waals surface area contributed by atoms with Crippen LogP contribution in [0.25, 0.3) is 0 Å². The molecule has 1 aromatic carbocycles. The number of aldehydes is 1. The van der Waals surface area contributed by atoms with Gasteiger partial charge in [0.1, 0.15) is 6.29 Å². The molecule has 1 rings (SSSR count). The van der Waals surface area contributed by atoms with E-state index in [-0.39, 0.29) is 0 Å². The van der Waals surface area contributed by atoms with Gasteiger partial charge in [0.15, 0.2) is 0 Å². The topological polar surface area (TPSA) is 17.1 Å². The van der Waals surface area contributed by atoms with Crippen molar-refractivity contribution in [2.75, 3.05) is 6.26 Å². The molecule has 0 amide bonds. The number of aryl methyl sites for hydroxylation is 1. The van der Waals surface area contributed by atoms with E-state index in [1.165, 1.54) is 10.5 Å². The van der Waals surface area contributed by atoms with Crippen molar-refractivity contribution >= 4 is 18.0 Å². The fraction of sp³-hybridized carbons (Fsp3) is 0.222. The van der Waals surface area contributed by atoms with E-state index in [4.69, 9.17) is 0 Å². The first-order valence-corrected chi connectivity index (χ1v) is 4.60. The zero-order chi connectivity index (χ0) is 8.27. The van der Waals surface area contributed by atoms with Crippen LogP contribution in [0.15, 0.2) is 23.1 Å². The molecule has 0 saturated carbocycles. The van der Waals surface area contributed by atoms with Crippen LogP contribution >= 0.6 is 11.8 Å². The average molecular weight is 166 g/mol. The lowest BCUT2D eigenvalue weighted by molar-refractivity contribution is 0.112. The average Bonchev–Trinajstić information content (AvgIpc) is 2.04. The summed E-state index contributed by atoms with van der Waals surface area (Å²) in [7, 11) is 0. The summed E-state index contributed by atoms with van der Waals surface area (Å²) in [4.78, 5) is 11.6. The predicted octanol–water partition coefficient (Wildman–Crippen LogP) is 2.53. The molecule has 0 radical (unpaired) electrons. The number of carbonyl (C=O) groups is 1. The molecule has 0 fully saturated rings. The van der Waals surface area contributed by atoms with Crippen molar-refractivity contribution in [1.82, 2.24) is 0 Å². The van der Waals surface area contributed by atoms with Gasteiger partial charge in [-0.3, -0.25) is 4.79 Å². The molecule has 0 N–H and O–H groups in total. The summed E-state index contributed by atoms with van der Waals surface area (Å²) in [6.45, 7) is 2.01. The number of carbonyl (C=O) groups excluding carboxylic acids is 1. The molecule has 0 aliphatic heterocycles. The van der Waals surface area contributed by atoms with Crippen molar-refractivity contribution in [1.29, 1.82) is 0 Å². The maximum absolute atomic E-state index is 10.4. The highest BCUT2D eigenvalue weighted by Gasteiger charge is 1.96. The van der Waals surface area contributed by atoms with Gasteiger partial charge in [0, 0.05) is 10.5 Å². The summed E-state index contributed by atoms with van der Waals surface area (Å²) >= 11 is 1.70. The number of benzene rings is 1. The van der Waals surface area contributed by atoms with Crippen LogP contribution in [0.2, 0.25) is 0 Å². The molecule has 0 heterocycles. The molecule has 2 heteroatoms. The third-order valence-electron chi connectivity index (χ3n) is 1.55. The van der Waals surface area contributed by atoms with Gasteiger partial charge >= 0.3 is 0 Å². The summed E-state index contributed by atoms with van der Waals surface area (Å²) in [6.07, 6.45) is 2.90. The molecular weight excluding hydrogens is 156 g/mol. The Morgan fingerprint density at radius 2 is 2.18 bits per heavy atom. The zero-order valence-electron chi connectivity index (χ0n) is 6.63. The van der Waals surface area contributed by atoms with Crippen LogP contribution in [-0.4, -0.2) is 12.5 Å². The highest BCUT2D eigenvalue weighted by molar-refractivity contribution is 7.98. The summed E-state index contributed by atoms with van der Waals surface area (Å²) in [6, 6.07) is 5.72. The number of hydrogen-bond donors (Lipinski definition) is 0. The molecule has 0 unspecified atom stereocenters. The van der Waals surface area contributed by atoms with Crippen LogP contribution in [0.3, 0.4) is 0 Å². The molecular formula is C9H10OS. The molecule has 1 nitrogen and oxygen atoms in total. The molecule has 0 spiro atoms. The number of hydrogen-bond acceptors (Lipinski definition) is 2. The van der Waals surface area contributed by atoms with Crippen LogP contribution in [0, 0.1) is 6.92 Å². The van der Waals surface area contributed by atoms with Crippen molar-refractivity contribution < 1.29 is 4.79 Å². The summed E-state index contributed by atoms with van der Waals surface area (Å²) in [5.41, 5.74) is 1.92. The first-order chi connectivity index (χ1) is 5.27. The van der Waals surface area contributed by atoms with Crippen LogP contribution in [-0.2, 0) is 0 Å². The normalized spacial score (nSPS) is 9.64. The lowest BCUT2D eigenvalue weighted by Crippen LogP contribution is -1.83. The van der Waals surface area contributed by atoms with Gasteiger partial charge in [-0.2, -0.15) is 0 Å². The molecule has 58 valence electrons. The van der Waals surface area contributed by atoms with Gasteiger partial charge in [-0.25, -0.2) is 0 Å². The van der Waals surface area contributed by atoms with E-state index in [0.717, 1.165) is 11.8 Å². The minimum absolute atomic E-state index is 0.750. The molecule has 11 heavy (non-hydrogen) atoms. The Morgan fingerprint density at radius 3 is 2.64 bits per heavy atom. The van der Waals surface area contributed by atoms with Gasteiger partial charge < -0.3 is 0 Å². The maximum Gasteiger partial charge on any atom is 0.150 e. The molecule has 0 atom stereocenters. The third kappa shape index (κ3) is 1.84. The van der Waals surface area contributed by atoms with Gasteiger partial charge in [0.05, 0.1) is 0 Å². The smallest absolute Gasteiger partial charge is 0.150 e. The Labute approximate surface area is 70.8 Å². The number of rotatable bonds is 2. The van der Waals surface area contributed by atoms with E-state index >= 15 is 0 Å². The van der Waals surface area contributed by atoms with Gasteiger partial charge in [0.2, 0.25) is 0 Å². The van der Waals surface area contributed by atoms with Gasteiger partial charge in [-0.15, -0.1) is 11.8 Å². The van der Waals surface area contributed by atoms with E-state index in [1.54, 1.807) is 11.8 Å². The summed E-state index contributed by atoms with van der Waals surface area (Å²) in [5, 5.41) is 0. The Hall–Kier alpha value is -0.760. The summed E-state index contributed by atoms with van der Waals surface area (Å²) in [5.74, 6) is 0. The lowest BCUT2D eigenvalue weighted by Gasteiger charge is -2.00. The second kappa shape index (κ2) is 3.58. The highest BCUT2D eigenvalue weighted by atomic mass is 32.2. The minimum atomic E-state index is 0.750. The van der Waals surface area contributed by atoms with Crippen molar-refractivity contribution in [2.45, 2.75) is 11.8 Å². The second-order valence-corrected chi connectivity index (χ2v) is 3.19. The first kappa shape index (κ1) is 8.34. The van der Waals surface area contributed by atoms with Crippen LogP contribution in [0.5, 0.6) is 0 Å². The lowest BCUT2D eigenvalue weighted by atomic mass is 10.2. The zero-order valence-corrected chi connectivity index (χ0v) is 7.44. The van der Waals surface area contributed by atoms with E-state index in [9.17, 15) is 4.79 Å². The Morgan fingerprint density at radius 1 is 1.45 bits per heavy atom. The first-order valence-electron chi connectivity index (χ1n) is 3.37. The summed E-state index contributed by atoms with van der Waals surface area (Å²) < 4.78 is 0. The van der Waals surface area contributed by atoms with Crippen molar-refractivity contribution in [2.24, 2.45) is 0 Å². The maximum atomic E-state index is 10.4. The van der Waals surface area contributed by atoms with Crippen LogP contribution in [0.1, 0.15) is 15.9 Å². The molecule has 0 aliphatic carbocycles. The van der Waals surface area contributed by atoms with E-state index in [2.05, 4.69) is 0 Å². The monoisotopic (exact) mass is 166 g/mol. The van der Waals surface area contributed by atoms with E-state index in [0.29, 0.717) is 0 Å². The molecule has 0 aliphatic rings. The van der Waals surface area contributed by atoms with E-state index in [1.807, 2.05) is 31.4 Å². The van der Waals surface area contributed by atoms with E-state index < -0.39 is 0 Å². The predicted molar refractivity (Wildman–Crippen MR) is 48.3 cm³/mol. The quantitative estimate of drug-likeness (QED) is 0.496. The fourth-order valence-electron chi connectivity index (χ4n) is 0.975. The molecule has 0 aromatic heterocycles. The molecule has 0 saturated heterocycles. The SMILES string of the molecule is CSc1ccc(C=O)cc1C. The highest BCUT2D eigenvalue weighted by Crippen LogP contribution is 2.19. The second-order valence-electron chi connectivity index (χ2n) is 2.35. The van der Waals surface area contributed by atoms with Crippen molar-refractivity contribution in [3.63, 3.8) is 0 Å². The third-order valence-corrected chi connectivity index (χ3v) is 2.45. The fourth-order valence-corrected chi connectivity index (χ4v) is 1.56. The van der Waals surface area contributed by atoms with Gasteiger partial charge in [-0.05, 0) is 30.9 Å². The molecule has 0 bridgehead atoms. The van der Waals surface area contributed by atoms with Crippen molar-refractivity contribution in [3.05, 3.63) is 29.3 Å². The Kier molecular flexibility index (Phi) is 2.71. The number of thioether (sulfide) groups is 1. The standard InChI is InChI=1S/C9H10OS/c1-7-5-8(6-10)3-4-9(7)11-2/h3-6H,1-2H3. The Balaban J connectivity index is 3.09. The largest absolute Gasteiger partial charge is 0.298 e. The Bertz CT molecular complexity index is 268. The van der Waals surface area contributed by atoms with Gasteiger partial charge in [0.25, 0.3) is 0 Å². The molecule has 1 aromatic rings. The van der Waals surface area contributed by atoms with Gasteiger partial charge in [-0.1, -0.05) is 6.07 Å². The van der Waals surface area contributed by atoms with Crippen molar-refractivity contribution in [3.8, 4) is 0 Å². The minimum Gasteiger partial charge on any atom is -0.298 e. The van der Waals surface area contributed by atoms with Crippen LogP contribution < -0.4 is 0 Å². The van der Waals surface area contributed by atoms with Crippen LogP contribution in [0.4, 0.5) is 0 Å².